The molecule has 3 N–H and O–H groups in total. The van der Waals surface area contributed by atoms with Crippen molar-refractivity contribution in [2.75, 3.05) is 13.1 Å². The molecule has 1 fully saturated rings. The molecule has 1 aromatic rings. The summed E-state index contributed by atoms with van der Waals surface area (Å²) < 4.78 is 78.7. The second kappa shape index (κ2) is 9.02. The Morgan fingerprint density at radius 3 is 2.48 bits per heavy atom. The van der Waals surface area contributed by atoms with E-state index in [9.17, 15) is 35.9 Å². The fraction of sp³-hybridized carbons (Fsp3) is 0.556. The number of nitrogens with one attached hydrogen (secondary N) is 1. The molecule has 3 atom stereocenters. The first-order chi connectivity index (χ1) is 13.4. The van der Waals surface area contributed by atoms with Gasteiger partial charge in [-0.3, -0.25) is 9.59 Å². The molecule has 2 rings (SSSR count). The molecule has 2 amide bonds. The summed E-state index contributed by atoms with van der Waals surface area (Å²) in [7, 11) is 0. The number of rotatable bonds is 5. The highest BCUT2D eigenvalue weighted by Crippen LogP contribution is 2.26. The quantitative estimate of drug-likeness (QED) is 0.562. The zero-order valence-electron chi connectivity index (χ0n) is 15.5. The van der Waals surface area contributed by atoms with Gasteiger partial charge in [-0.05, 0) is 24.0 Å². The summed E-state index contributed by atoms with van der Waals surface area (Å²) in [5.74, 6) is -5.73. The number of halogens is 6. The van der Waals surface area contributed by atoms with E-state index in [0.717, 1.165) is 4.90 Å². The molecule has 29 heavy (non-hydrogen) atoms. The van der Waals surface area contributed by atoms with E-state index in [2.05, 4.69) is 5.32 Å². The smallest absolute Gasteiger partial charge is 0.354 e. The van der Waals surface area contributed by atoms with E-state index >= 15 is 0 Å². The molecular weight excluding hydrogens is 404 g/mol. The number of carbonyl (C=O) groups is 2. The first kappa shape index (κ1) is 23.0. The van der Waals surface area contributed by atoms with Gasteiger partial charge in [0.1, 0.15) is 11.9 Å². The van der Waals surface area contributed by atoms with Gasteiger partial charge in [0.15, 0.2) is 11.6 Å². The average Bonchev–Trinajstić information content (AvgIpc) is 2.72. The lowest BCUT2D eigenvalue weighted by Crippen LogP contribution is -2.50. The van der Waals surface area contributed by atoms with E-state index in [4.69, 9.17) is 5.73 Å². The molecule has 5 nitrogen and oxygen atoms in total. The maximum atomic E-state index is 13.8. The summed E-state index contributed by atoms with van der Waals surface area (Å²) in [5, 5.41) is 2.37. The highest BCUT2D eigenvalue weighted by atomic mass is 19.4. The van der Waals surface area contributed by atoms with Crippen molar-refractivity contribution in [3.05, 3.63) is 35.1 Å². The standard InChI is InChI=1S/C18H21F6N3O2/c1-9-7-26-17(29)15(6-18(22,23)24)27(8-9)16(28)4-11(25)2-10-3-13(20)14(21)5-12(10)19/h3,5,9,11,15H,2,4,6-8,25H2,1H3,(H,26,29)/t9-,11+,15+/m0/s1. The topological polar surface area (TPSA) is 75.4 Å². The van der Waals surface area contributed by atoms with Crippen molar-refractivity contribution >= 4 is 11.8 Å². The lowest BCUT2D eigenvalue weighted by atomic mass is 10.0. The third kappa shape index (κ3) is 6.34. The van der Waals surface area contributed by atoms with E-state index in [-0.39, 0.29) is 31.0 Å². The normalized spacial score (nSPS) is 21.5. The Balaban J connectivity index is 2.14. The fourth-order valence-corrected chi connectivity index (χ4v) is 3.18. The molecule has 0 unspecified atom stereocenters. The zero-order valence-corrected chi connectivity index (χ0v) is 15.5. The minimum atomic E-state index is -4.68. The van der Waals surface area contributed by atoms with Crippen LogP contribution in [0.4, 0.5) is 26.3 Å². The molecule has 1 aromatic carbocycles. The molecule has 0 spiro atoms. The van der Waals surface area contributed by atoms with Gasteiger partial charge in [0.05, 0.1) is 6.42 Å². The Bertz CT molecular complexity index is 771. The van der Waals surface area contributed by atoms with Crippen molar-refractivity contribution < 1.29 is 35.9 Å². The molecule has 1 aliphatic rings. The van der Waals surface area contributed by atoms with Crippen LogP contribution in [0.25, 0.3) is 0 Å². The maximum Gasteiger partial charge on any atom is 0.391 e. The van der Waals surface area contributed by atoms with E-state index < -0.39 is 60.4 Å². The SMILES string of the molecule is C[C@H]1CNC(=O)[C@@H](CC(F)(F)F)N(C(=O)C[C@H](N)Cc2cc(F)c(F)cc2F)C1. The number of alkyl halides is 3. The average molecular weight is 425 g/mol. The summed E-state index contributed by atoms with van der Waals surface area (Å²) in [6.07, 6.45) is -7.02. The Hall–Kier alpha value is -2.30. The minimum absolute atomic E-state index is 0.0927. The van der Waals surface area contributed by atoms with Crippen molar-refractivity contribution in [2.24, 2.45) is 11.7 Å². The second-order valence-electron chi connectivity index (χ2n) is 7.26. The summed E-state index contributed by atoms with van der Waals surface area (Å²) in [6, 6.07) is -1.85. The molecule has 0 radical (unpaired) electrons. The van der Waals surface area contributed by atoms with E-state index in [1.165, 1.54) is 0 Å². The van der Waals surface area contributed by atoms with Gasteiger partial charge < -0.3 is 16.0 Å². The van der Waals surface area contributed by atoms with Crippen LogP contribution in [-0.2, 0) is 16.0 Å². The molecule has 162 valence electrons. The van der Waals surface area contributed by atoms with Crippen LogP contribution in [-0.4, -0.2) is 48.1 Å². The molecule has 0 bridgehead atoms. The second-order valence-corrected chi connectivity index (χ2v) is 7.26. The number of hydrogen-bond donors (Lipinski definition) is 2. The van der Waals surface area contributed by atoms with Gasteiger partial charge in [0.2, 0.25) is 11.8 Å². The van der Waals surface area contributed by atoms with Gasteiger partial charge in [-0.1, -0.05) is 6.92 Å². The Kier molecular flexibility index (Phi) is 7.15. The highest BCUT2D eigenvalue weighted by Gasteiger charge is 2.42. The van der Waals surface area contributed by atoms with Crippen LogP contribution < -0.4 is 11.1 Å². The Labute approximate surface area is 163 Å². The Morgan fingerprint density at radius 2 is 1.86 bits per heavy atom. The molecule has 1 aliphatic heterocycles. The van der Waals surface area contributed by atoms with Crippen molar-refractivity contribution in [3.8, 4) is 0 Å². The van der Waals surface area contributed by atoms with Crippen LogP contribution in [0.2, 0.25) is 0 Å². The van der Waals surface area contributed by atoms with Gasteiger partial charge in [0, 0.05) is 31.6 Å². The zero-order chi connectivity index (χ0) is 21.9. The molecular formula is C18H21F6N3O2. The number of hydrogen-bond acceptors (Lipinski definition) is 3. The molecule has 0 aliphatic carbocycles. The molecule has 0 saturated carbocycles. The predicted molar refractivity (Wildman–Crippen MR) is 91.0 cm³/mol. The predicted octanol–water partition coefficient (Wildman–Crippen LogP) is 2.28. The monoisotopic (exact) mass is 425 g/mol. The van der Waals surface area contributed by atoms with Crippen LogP contribution in [0, 0.1) is 23.4 Å². The van der Waals surface area contributed by atoms with Crippen molar-refractivity contribution in [2.45, 2.75) is 44.4 Å². The molecule has 0 aromatic heterocycles. The van der Waals surface area contributed by atoms with E-state index in [1.54, 1.807) is 6.92 Å². The molecule has 11 heteroatoms. The van der Waals surface area contributed by atoms with Crippen LogP contribution in [0.15, 0.2) is 12.1 Å². The fourth-order valence-electron chi connectivity index (χ4n) is 3.18. The Morgan fingerprint density at radius 1 is 1.24 bits per heavy atom. The van der Waals surface area contributed by atoms with Gasteiger partial charge in [-0.25, -0.2) is 13.2 Å². The lowest BCUT2D eigenvalue weighted by molar-refractivity contribution is -0.162. The molecule has 1 heterocycles. The van der Waals surface area contributed by atoms with E-state index in [0.29, 0.717) is 12.1 Å². The minimum Gasteiger partial charge on any atom is -0.354 e. The van der Waals surface area contributed by atoms with Crippen LogP contribution >= 0.6 is 0 Å². The van der Waals surface area contributed by atoms with Gasteiger partial charge in [-0.15, -0.1) is 0 Å². The largest absolute Gasteiger partial charge is 0.391 e. The van der Waals surface area contributed by atoms with Crippen molar-refractivity contribution in [3.63, 3.8) is 0 Å². The number of amides is 2. The van der Waals surface area contributed by atoms with Crippen LogP contribution in [0.3, 0.4) is 0 Å². The van der Waals surface area contributed by atoms with Crippen LogP contribution in [0.5, 0.6) is 0 Å². The first-order valence-corrected chi connectivity index (χ1v) is 8.90. The van der Waals surface area contributed by atoms with Gasteiger partial charge >= 0.3 is 6.18 Å². The molecule has 1 saturated heterocycles. The number of carbonyl (C=O) groups excluding carboxylic acids is 2. The van der Waals surface area contributed by atoms with Crippen molar-refractivity contribution in [1.29, 1.82) is 0 Å². The van der Waals surface area contributed by atoms with E-state index in [1.807, 2.05) is 0 Å². The lowest BCUT2D eigenvalue weighted by Gasteiger charge is -2.31. The third-order valence-corrected chi connectivity index (χ3v) is 4.57. The van der Waals surface area contributed by atoms with Crippen molar-refractivity contribution in [1.82, 2.24) is 10.2 Å². The number of nitrogens with zero attached hydrogens (tertiary/aromatic N) is 1. The first-order valence-electron chi connectivity index (χ1n) is 8.90. The number of nitrogens with two attached hydrogens (primary N) is 1. The maximum absolute atomic E-state index is 13.8. The summed E-state index contributed by atoms with van der Waals surface area (Å²) in [4.78, 5) is 25.5. The summed E-state index contributed by atoms with van der Waals surface area (Å²) in [5.41, 5.74) is 5.53. The van der Waals surface area contributed by atoms with Gasteiger partial charge in [0.25, 0.3) is 0 Å². The summed E-state index contributed by atoms with van der Waals surface area (Å²) in [6.45, 7) is 1.68. The number of benzene rings is 1. The van der Waals surface area contributed by atoms with Crippen LogP contribution in [0.1, 0.15) is 25.3 Å². The van der Waals surface area contributed by atoms with Gasteiger partial charge in [-0.2, -0.15) is 13.2 Å². The third-order valence-electron chi connectivity index (χ3n) is 4.57. The summed E-state index contributed by atoms with van der Waals surface area (Å²) >= 11 is 0. The highest BCUT2D eigenvalue weighted by molar-refractivity contribution is 5.88.